The number of amides is 3. The van der Waals surface area contributed by atoms with Crippen LogP contribution >= 0.6 is 0 Å². The molecule has 0 spiro atoms. The Labute approximate surface area is 141 Å². The maximum absolute atomic E-state index is 12.8. The zero-order chi connectivity index (χ0) is 17.4. The number of likely N-dealkylation sites (tertiary alicyclic amines) is 2. The molecule has 1 aromatic carbocycles. The normalized spacial score (nSPS) is 23.2. The fourth-order valence-electron chi connectivity index (χ4n) is 3.82. The van der Waals surface area contributed by atoms with E-state index in [9.17, 15) is 14.4 Å². The second-order valence-electron chi connectivity index (χ2n) is 6.79. The molecule has 2 atom stereocenters. The molecule has 0 radical (unpaired) electrons. The highest BCUT2D eigenvalue weighted by Crippen LogP contribution is 2.32. The average molecular weight is 329 g/mol. The van der Waals surface area contributed by atoms with E-state index < -0.39 is 0 Å². The van der Waals surface area contributed by atoms with E-state index in [-0.39, 0.29) is 29.7 Å². The van der Waals surface area contributed by atoms with Crippen molar-refractivity contribution in [2.75, 3.05) is 25.5 Å². The molecule has 24 heavy (non-hydrogen) atoms. The number of benzene rings is 1. The summed E-state index contributed by atoms with van der Waals surface area (Å²) in [6, 6.07) is 5.60. The van der Waals surface area contributed by atoms with Gasteiger partial charge in [-0.15, -0.1) is 0 Å². The Kier molecular flexibility index (Phi) is 4.30. The molecule has 2 aliphatic heterocycles. The third kappa shape index (κ3) is 3.00. The Morgan fingerprint density at radius 2 is 2.04 bits per heavy atom. The van der Waals surface area contributed by atoms with E-state index in [1.807, 2.05) is 29.8 Å². The molecule has 0 aliphatic carbocycles. The minimum absolute atomic E-state index is 0.00215. The molecule has 0 unspecified atom stereocenters. The van der Waals surface area contributed by atoms with Gasteiger partial charge >= 0.3 is 0 Å². The fraction of sp³-hybridized carbons (Fsp3) is 0.500. The van der Waals surface area contributed by atoms with Gasteiger partial charge in [-0.25, -0.2) is 0 Å². The molecule has 0 aromatic heterocycles. The van der Waals surface area contributed by atoms with Crippen LogP contribution in [-0.2, 0) is 9.59 Å². The Bertz CT molecular complexity index is 701. The number of anilines is 1. The van der Waals surface area contributed by atoms with Gasteiger partial charge in [0.05, 0.1) is 0 Å². The first-order valence-electron chi connectivity index (χ1n) is 8.30. The van der Waals surface area contributed by atoms with Gasteiger partial charge in [0.2, 0.25) is 11.8 Å². The molecule has 1 N–H and O–H groups in total. The number of aryl methyl sites for hydroxylation is 1. The van der Waals surface area contributed by atoms with Crippen molar-refractivity contribution < 1.29 is 14.4 Å². The van der Waals surface area contributed by atoms with Crippen LogP contribution in [0.5, 0.6) is 0 Å². The minimum atomic E-state index is -0.134. The zero-order valence-corrected chi connectivity index (χ0v) is 14.3. The van der Waals surface area contributed by atoms with Crippen LogP contribution in [0.4, 0.5) is 5.69 Å². The average Bonchev–Trinajstić information content (AvgIpc) is 2.80. The van der Waals surface area contributed by atoms with E-state index in [0.717, 1.165) is 12.0 Å². The summed E-state index contributed by atoms with van der Waals surface area (Å²) in [5, 5.41) is 2.72. The molecule has 2 heterocycles. The molecule has 6 heteroatoms. The molecule has 0 saturated carbocycles. The second-order valence-corrected chi connectivity index (χ2v) is 6.79. The van der Waals surface area contributed by atoms with Crippen molar-refractivity contribution in [3.8, 4) is 0 Å². The van der Waals surface area contributed by atoms with E-state index in [0.29, 0.717) is 30.8 Å². The summed E-state index contributed by atoms with van der Waals surface area (Å²) in [6.45, 7) is 4.63. The number of nitrogens with zero attached hydrogens (tertiary/aromatic N) is 2. The molecule has 3 rings (SSSR count). The Morgan fingerprint density at radius 1 is 1.29 bits per heavy atom. The van der Waals surface area contributed by atoms with Crippen LogP contribution in [0.25, 0.3) is 0 Å². The summed E-state index contributed by atoms with van der Waals surface area (Å²) in [5.74, 6) is 0.280. The number of hydrogen-bond acceptors (Lipinski definition) is 3. The van der Waals surface area contributed by atoms with Crippen LogP contribution < -0.4 is 5.32 Å². The number of fused-ring (bicyclic) bond motifs is 1. The molecule has 1 aromatic rings. The first kappa shape index (κ1) is 16.5. The minimum Gasteiger partial charge on any atom is -0.342 e. The standard InChI is InChI=1S/C18H23N3O3/c1-11-8-14(19-12(2)22)4-5-15(11)18(24)21-7-6-16-13(10-21)9-17(23)20(16)3/h4-5,8,13,16H,6-7,9-10H2,1-3H3,(H,19,22)/t13-,16+/m1/s1. The lowest BCUT2D eigenvalue weighted by Crippen LogP contribution is -2.47. The van der Waals surface area contributed by atoms with Crippen molar-refractivity contribution in [1.82, 2.24) is 9.80 Å². The number of carbonyl (C=O) groups excluding carboxylic acids is 3. The molecule has 3 amide bonds. The maximum Gasteiger partial charge on any atom is 0.254 e. The van der Waals surface area contributed by atoms with Crippen LogP contribution in [0.2, 0.25) is 0 Å². The highest BCUT2D eigenvalue weighted by molar-refractivity contribution is 5.97. The number of nitrogens with one attached hydrogen (secondary N) is 1. The van der Waals surface area contributed by atoms with Crippen LogP contribution in [0.15, 0.2) is 18.2 Å². The van der Waals surface area contributed by atoms with Crippen LogP contribution in [0, 0.1) is 12.8 Å². The van der Waals surface area contributed by atoms with Crippen LogP contribution in [0.3, 0.4) is 0 Å². The molecule has 128 valence electrons. The van der Waals surface area contributed by atoms with Gasteiger partial charge < -0.3 is 15.1 Å². The SMILES string of the molecule is CC(=O)Nc1ccc(C(=O)N2CC[C@H]3[C@H](CC(=O)N3C)C2)c(C)c1. The lowest BCUT2D eigenvalue weighted by molar-refractivity contribution is -0.127. The van der Waals surface area contributed by atoms with E-state index in [4.69, 9.17) is 0 Å². The third-order valence-corrected chi connectivity index (χ3v) is 5.09. The number of rotatable bonds is 2. The summed E-state index contributed by atoms with van der Waals surface area (Å²) in [6.07, 6.45) is 1.37. The fourth-order valence-corrected chi connectivity index (χ4v) is 3.82. The summed E-state index contributed by atoms with van der Waals surface area (Å²) >= 11 is 0. The molecule has 2 fully saturated rings. The van der Waals surface area contributed by atoms with Gasteiger partial charge in [-0.05, 0) is 37.1 Å². The molecular weight excluding hydrogens is 306 g/mol. The maximum atomic E-state index is 12.8. The first-order valence-corrected chi connectivity index (χ1v) is 8.30. The summed E-state index contributed by atoms with van der Waals surface area (Å²) in [7, 11) is 1.86. The van der Waals surface area contributed by atoms with Gasteiger partial charge in [0, 0.05) is 56.7 Å². The van der Waals surface area contributed by atoms with Gasteiger partial charge in [-0.3, -0.25) is 14.4 Å². The highest BCUT2D eigenvalue weighted by Gasteiger charge is 2.42. The molecular formula is C18H23N3O3. The topological polar surface area (TPSA) is 69.7 Å². The Balaban J connectivity index is 1.73. The van der Waals surface area contributed by atoms with Crippen molar-refractivity contribution in [3.63, 3.8) is 0 Å². The molecule has 0 bridgehead atoms. The molecule has 6 nitrogen and oxygen atoms in total. The van der Waals surface area contributed by atoms with Crippen LogP contribution in [-0.4, -0.2) is 53.7 Å². The van der Waals surface area contributed by atoms with Crippen molar-refractivity contribution in [2.45, 2.75) is 32.7 Å². The van der Waals surface area contributed by atoms with Gasteiger partial charge in [-0.2, -0.15) is 0 Å². The Morgan fingerprint density at radius 3 is 2.71 bits per heavy atom. The number of piperidine rings is 1. The largest absolute Gasteiger partial charge is 0.342 e. The van der Waals surface area contributed by atoms with Gasteiger partial charge in [0.15, 0.2) is 0 Å². The lowest BCUT2D eigenvalue weighted by atomic mass is 9.92. The molecule has 2 aliphatic rings. The number of hydrogen-bond donors (Lipinski definition) is 1. The predicted molar refractivity (Wildman–Crippen MR) is 90.7 cm³/mol. The van der Waals surface area contributed by atoms with Gasteiger partial charge in [0.25, 0.3) is 5.91 Å². The monoisotopic (exact) mass is 329 g/mol. The summed E-state index contributed by atoms with van der Waals surface area (Å²) in [4.78, 5) is 39.5. The molecule has 2 saturated heterocycles. The van der Waals surface area contributed by atoms with E-state index in [2.05, 4.69) is 5.32 Å². The third-order valence-electron chi connectivity index (χ3n) is 5.09. The van der Waals surface area contributed by atoms with E-state index in [1.165, 1.54) is 6.92 Å². The smallest absolute Gasteiger partial charge is 0.254 e. The van der Waals surface area contributed by atoms with Gasteiger partial charge in [0.1, 0.15) is 0 Å². The zero-order valence-electron chi connectivity index (χ0n) is 14.3. The van der Waals surface area contributed by atoms with Crippen LogP contribution in [0.1, 0.15) is 35.7 Å². The predicted octanol–water partition coefficient (Wildman–Crippen LogP) is 1.65. The van der Waals surface area contributed by atoms with E-state index >= 15 is 0 Å². The lowest BCUT2D eigenvalue weighted by Gasteiger charge is -2.36. The van der Waals surface area contributed by atoms with Gasteiger partial charge in [-0.1, -0.05) is 0 Å². The van der Waals surface area contributed by atoms with Crippen molar-refractivity contribution in [2.24, 2.45) is 5.92 Å². The van der Waals surface area contributed by atoms with Crippen molar-refractivity contribution in [3.05, 3.63) is 29.3 Å². The Hall–Kier alpha value is -2.37. The van der Waals surface area contributed by atoms with Crippen molar-refractivity contribution >= 4 is 23.4 Å². The quantitative estimate of drug-likeness (QED) is 0.897. The second kappa shape index (κ2) is 6.26. The first-order chi connectivity index (χ1) is 11.4. The summed E-state index contributed by atoms with van der Waals surface area (Å²) in [5.41, 5.74) is 2.19. The number of carbonyl (C=O) groups is 3. The summed E-state index contributed by atoms with van der Waals surface area (Å²) < 4.78 is 0. The van der Waals surface area contributed by atoms with Crippen molar-refractivity contribution in [1.29, 1.82) is 0 Å². The highest BCUT2D eigenvalue weighted by atomic mass is 16.2. The van der Waals surface area contributed by atoms with E-state index in [1.54, 1.807) is 12.1 Å².